The molecule has 108 valence electrons. The number of aromatic nitrogens is 2. The minimum Gasteiger partial charge on any atom is -0.383 e. The van der Waals surface area contributed by atoms with Crippen LogP contribution in [0.5, 0.6) is 0 Å². The third-order valence-corrected chi connectivity index (χ3v) is 3.11. The summed E-state index contributed by atoms with van der Waals surface area (Å²) < 4.78 is 1.18. The van der Waals surface area contributed by atoms with Crippen molar-refractivity contribution < 1.29 is 9.59 Å². The van der Waals surface area contributed by atoms with Crippen LogP contribution in [-0.2, 0) is 16.1 Å². The summed E-state index contributed by atoms with van der Waals surface area (Å²) in [6.07, 6.45) is 0.434. The number of carbonyl (C=O) groups excluding carboxylic acids is 2. The van der Waals surface area contributed by atoms with Gasteiger partial charge in [0, 0.05) is 13.0 Å². The Balaban J connectivity index is 2.35. The minimum atomic E-state index is -0.737. The lowest BCUT2D eigenvalue weighted by Crippen LogP contribution is -2.48. The average Bonchev–Trinajstić information content (AvgIpc) is 2.37. The predicted molar refractivity (Wildman–Crippen MR) is 71.2 cm³/mol. The van der Waals surface area contributed by atoms with Gasteiger partial charge in [-0.15, -0.1) is 0 Å². The largest absolute Gasteiger partial charge is 0.383 e. The van der Waals surface area contributed by atoms with E-state index < -0.39 is 23.2 Å². The smallest absolute Gasteiger partial charge is 0.330 e. The summed E-state index contributed by atoms with van der Waals surface area (Å²) in [5, 5.41) is 4.86. The number of carbonyl (C=O) groups is 2. The van der Waals surface area contributed by atoms with Crippen molar-refractivity contribution in [2.45, 2.75) is 32.4 Å². The number of nitrogens with two attached hydrogens (primary N) is 1. The SMILES string of the molecule is CCn1c(N)c(NC2CCC(=O)NC2=O)c(=O)[nH]c1=O. The van der Waals surface area contributed by atoms with Gasteiger partial charge in [0.15, 0.2) is 0 Å². The van der Waals surface area contributed by atoms with Crippen molar-refractivity contribution in [3.8, 4) is 0 Å². The molecule has 0 aliphatic carbocycles. The second-order valence-corrected chi connectivity index (χ2v) is 4.41. The van der Waals surface area contributed by atoms with Gasteiger partial charge in [-0.3, -0.25) is 29.3 Å². The normalized spacial score (nSPS) is 18.8. The summed E-state index contributed by atoms with van der Waals surface area (Å²) in [7, 11) is 0. The summed E-state index contributed by atoms with van der Waals surface area (Å²) in [4.78, 5) is 48.1. The molecule has 1 saturated heterocycles. The van der Waals surface area contributed by atoms with E-state index in [1.54, 1.807) is 6.92 Å². The molecule has 1 aliphatic rings. The number of nitrogens with one attached hydrogen (secondary N) is 3. The molecule has 2 rings (SSSR count). The molecule has 0 aromatic carbocycles. The third-order valence-electron chi connectivity index (χ3n) is 3.11. The van der Waals surface area contributed by atoms with Crippen LogP contribution in [0, 0.1) is 0 Å². The average molecular weight is 281 g/mol. The Bertz CT molecular complexity index is 674. The molecular weight excluding hydrogens is 266 g/mol. The molecule has 9 nitrogen and oxygen atoms in total. The van der Waals surface area contributed by atoms with E-state index in [2.05, 4.69) is 15.6 Å². The molecule has 0 spiro atoms. The molecule has 0 bridgehead atoms. The number of hydrogen-bond donors (Lipinski definition) is 4. The Hall–Kier alpha value is -2.58. The van der Waals surface area contributed by atoms with Crippen molar-refractivity contribution in [1.29, 1.82) is 0 Å². The minimum absolute atomic E-state index is 0.0362. The fourth-order valence-electron chi connectivity index (χ4n) is 2.05. The quantitative estimate of drug-likeness (QED) is 0.490. The Morgan fingerprint density at radius 1 is 1.35 bits per heavy atom. The number of anilines is 2. The Kier molecular flexibility index (Phi) is 3.59. The maximum absolute atomic E-state index is 11.8. The summed E-state index contributed by atoms with van der Waals surface area (Å²) in [5.41, 5.74) is 4.43. The van der Waals surface area contributed by atoms with E-state index in [1.807, 2.05) is 0 Å². The second kappa shape index (κ2) is 5.19. The van der Waals surface area contributed by atoms with Gasteiger partial charge in [-0.1, -0.05) is 0 Å². The maximum atomic E-state index is 11.8. The number of piperidine rings is 1. The highest BCUT2D eigenvalue weighted by molar-refractivity contribution is 6.01. The molecule has 1 fully saturated rings. The number of aromatic amines is 1. The van der Waals surface area contributed by atoms with E-state index in [-0.39, 0.29) is 36.8 Å². The number of rotatable bonds is 3. The number of nitrogens with zero attached hydrogens (tertiary/aromatic N) is 1. The molecule has 0 saturated carbocycles. The first-order chi connectivity index (χ1) is 9.43. The topological polar surface area (TPSA) is 139 Å². The zero-order chi connectivity index (χ0) is 14.9. The zero-order valence-electron chi connectivity index (χ0n) is 10.9. The van der Waals surface area contributed by atoms with E-state index in [1.165, 1.54) is 4.57 Å². The van der Waals surface area contributed by atoms with Crippen LogP contribution in [0.1, 0.15) is 19.8 Å². The first-order valence-corrected chi connectivity index (χ1v) is 6.16. The summed E-state index contributed by atoms with van der Waals surface area (Å²) >= 11 is 0. The second-order valence-electron chi connectivity index (χ2n) is 4.41. The molecule has 1 unspecified atom stereocenters. The van der Waals surface area contributed by atoms with Gasteiger partial charge in [0.2, 0.25) is 11.8 Å². The number of nitrogen functional groups attached to an aromatic ring is 1. The van der Waals surface area contributed by atoms with Crippen LogP contribution in [0.4, 0.5) is 11.5 Å². The molecule has 1 aromatic rings. The third kappa shape index (κ3) is 2.42. The van der Waals surface area contributed by atoms with Crippen LogP contribution >= 0.6 is 0 Å². The van der Waals surface area contributed by atoms with Gasteiger partial charge in [-0.2, -0.15) is 0 Å². The first-order valence-electron chi connectivity index (χ1n) is 6.16. The lowest BCUT2D eigenvalue weighted by Gasteiger charge is -2.23. The van der Waals surface area contributed by atoms with Crippen molar-refractivity contribution in [2.75, 3.05) is 11.1 Å². The lowest BCUT2D eigenvalue weighted by molar-refractivity contribution is -0.133. The van der Waals surface area contributed by atoms with Crippen molar-refractivity contribution in [3.05, 3.63) is 20.8 Å². The van der Waals surface area contributed by atoms with Crippen molar-refractivity contribution in [1.82, 2.24) is 14.9 Å². The molecule has 5 N–H and O–H groups in total. The Morgan fingerprint density at radius 2 is 2.05 bits per heavy atom. The van der Waals surface area contributed by atoms with Gasteiger partial charge in [-0.05, 0) is 13.3 Å². The number of amides is 2. The predicted octanol–water partition coefficient (Wildman–Crippen LogP) is -1.64. The fraction of sp³-hybridized carbons (Fsp3) is 0.455. The molecule has 1 aromatic heterocycles. The monoisotopic (exact) mass is 281 g/mol. The number of hydrogen-bond acceptors (Lipinski definition) is 6. The Morgan fingerprint density at radius 3 is 2.65 bits per heavy atom. The van der Waals surface area contributed by atoms with Crippen molar-refractivity contribution in [2.24, 2.45) is 0 Å². The van der Waals surface area contributed by atoms with Crippen LogP contribution in [0.15, 0.2) is 9.59 Å². The van der Waals surface area contributed by atoms with Gasteiger partial charge in [0.25, 0.3) is 5.56 Å². The molecule has 1 atom stereocenters. The number of imide groups is 1. The van der Waals surface area contributed by atoms with Crippen LogP contribution in [0.2, 0.25) is 0 Å². The lowest BCUT2D eigenvalue weighted by atomic mass is 10.1. The summed E-state index contributed by atoms with van der Waals surface area (Å²) in [5.74, 6) is -0.909. The highest BCUT2D eigenvalue weighted by Crippen LogP contribution is 2.15. The molecule has 0 radical (unpaired) electrons. The zero-order valence-corrected chi connectivity index (χ0v) is 10.9. The summed E-state index contributed by atoms with van der Waals surface area (Å²) in [6.45, 7) is 1.98. The molecular formula is C11H15N5O4. The molecule has 2 amide bonds. The van der Waals surface area contributed by atoms with Gasteiger partial charge < -0.3 is 11.1 Å². The van der Waals surface area contributed by atoms with Crippen molar-refractivity contribution >= 4 is 23.3 Å². The van der Waals surface area contributed by atoms with Crippen LogP contribution in [0.3, 0.4) is 0 Å². The van der Waals surface area contributed by atoms with E-state index in [0.29, 0.717) is 0 Å². The highest BCUT2D eigenvalue weighted by atomic mass is 16.2. The number of H-pyrrole nitrogens is 1. The van der Waals surface area contributed by atoms with Crippen molar-refractivity contribution in [3.63, 3.8) is 0 Å². The molecule has 9 heteroatoms. The highest BCUT2D eigenvalue weighted by Gasteiger charge is 2.28. The van der Waals surface area contributed by atoms with E-state index in [4.69, 9.17) is 5.73 Å². The first kappa shape index (κ1) is 13.8. The summed E-state index contributed by atoms with van der Waals surface area (Å²) in [6, 6.07) is -0.737. The Labute approximate surface area is 113 Å². The van der Waals surface area contributed by atoms with Gasteiger partial charge in [0.05, 0.1) is 0 Å². The molecule has 2 heterocycles. The van der Waals surface area contributed by atoms with Gasteiger partial charge in [0.1, 0.15) is 17.5 Å². The van der Waals surface area contributed by atoms with E-state index >= 15 is 0 Å². The van der Waals surface area contributed by atoms with Gasteiger partial charge in [-0.25, -0.2) is 4.79 Å². The van der Waals surface area contributed by atoms with Crippen LogP contribution in [-0.4, -0.2) is 27.4 Å². The van der Waals surface area contributed by atoms with E-state index in [0.717, 1.165) is 0 Å². The molecule has 1 aliphatic heterocycles. The standard InChI is InChI=1S/C11H15N5O4/c1-2-16-8(12)7(10(19)15-11(16)20)13-5-3-4-6(17)14-9(5)18/h5,13H,2-4,12H2,1H3,(H,14,17,18)(H,15,19,20). The molecule has 20 heavy (non-hydrogen) atoms. The maximum Gasteiger partial charge on any atom is 0.330 e. The van der Waals surface area contributed by atoms with Crippen LogP contribution < -0.4 is 27.6 Å². The fourth-order valence-corrected chi connectivity index (χ4v) is 2.05. The van der Waals surface area contributed by atoms with E-state index in [9.17, 15) is 19.2 Å². The van der Waals surface area contributed by atoms with Crippen LogP contribution in [0.25, 0.3) is 0 Å². The van der Waals surface area contributed by atoms with Gasteiger partial charge >= 0.3 is 5.69 Å².